The van der Waals surface area contributed by atoms with Gasteiger partial charge in [-0.05, 0) is 26.7 Å². The van der Waals surface area contributed by atoms with Crippen molar-refractivity contribution < 1.29 is 5.11 Å². The van der Waals surface area contributed by atoms with Crippen LogP contribution in [0.4, 0.5) is 0 Å². The van der Waals surface area contributed by atoms with Crippen molar-refractivity contribution in [3.63, 3.8) is 0 Å². The van der Waals surface area contributed by atoms with Crippen molar-refractivity contribution in [1.82, 2.24) is 0 Å². The molecule has 0 spiro atoms. The van der Waals surface area contributed by atoms with Crippen LogP contribution in [0.15, 0.2) is 23.8 Å². The SMILES string of the molecule is C=C(C)CCC(C)=CCO. The van der Waals surface area contributed by atoms with Crippen LogP contribution in [0.3, 0.4) is 0 Å². The Bertz CT molecular complexity index is 134. The Morgan fingerprint density at radius 3 is 2.40 bits per heavy atom. The van der Waals surface area contributed by atoms with E-state index in [1.807, 2.05) is 19.9 Å². The zero-order valence-electron chi connectivity index (χ0n) is 6.85. The third-order valence-corrected chi connectivity index (χ3v) is 1.39. The zero-order valence-corrected chi connectivity index (χ0v) is 6.85. The second-order valence-electron chi connectivity index (χ2n) is 2.69. The van der Waals surface area contributed by atoms with Gasteiger partial charge in [0.25, 0.3) is 0 Å². The fourth-order valence-corrected chi connectivity index (χ4v) is 0.668. The minimum Gasteiger partial charge on any atom is -0.392 e. The van der Waals surface area contributed by atoms with E-state index in [9.17, 15) is 0 Å². The Balaban J connectivity index is 3.48. The normalized spacial score (nSPS) is 11.7. The van der Waals surface area contributed by atoms with Gasteiger partial charge in [-0.3, -0.25) is 0 Å². The molecule has 0 unspecified atom stereocenters. The summed E-state index contributed by atoms with van der Waals surface area (Å²) in [5.41, 5.74) is 2.44. The average Bonchev–Trinajstić information content (AvgIpc) is 1.85. The van der Waals surface area contributed by atoms with Crippen molar-refractivity contribution >= 4 is 0 Å². The maximum atomic E-state index is 8.50. The van der Waals surface area contributed by atoms with E-state index in [2.05, 4.69) is 6.58 Å². The highest BCUT2D eigenvalue weighted by Crippen LogP contribution is 2.07. The quantitative estimate of drug-likeness (QED) is 0.594. The van der Waals surface area contributed by atoms with E-state index in [0.29, 0.717) is 0 Å². The highest BCUT2D eigenvalue weighted by atomic mass is 16.2. The summed E-state index contributed by atoms with van der Waals surface area (Å²) in [6.07, 6.45) is 3.89. The average molecular weight is 140 g/mol. The summed E-state index contributed by atoms with van der Waals surface area (Å²) in [6, 6.07) is 0. The Morgan fingerprint density at radius 1 is 1.40 bits per heavy atom. The van der Waals surface area contributed by atoms with Crippen LogP contribution in [0.5, 0.6) is 0 Å². The summed E-state index contributed by atoms with van der Waals surface area (Å²) >= 11 is 0. The van der Waals surface area contributed by atoms with Gasteiger partial charge in [0.1, 0.15) is 0 Å². The smallest absolute Gasteiger partial charge is 0.0614 e. The molecule has 0 aromatic heterocycles. The Hall–Kier alpha value is -0.560. The predicted molar refractivity (Wildman–Crippen MR) is 44.9 cm³/mol. The molecule has 58 valence electrons. The Morgan fingerprint density at radius 2 is 2.00 bits per heavy atom. The number of hydrogen-bond donors (Lipinski definition) is 1. The molecule has 0 aromatic rings. The first-order valence-corrected chi connectivity index (χ1v) is 3.57. The first-order valence-electron chi connectivity index (χ1n) is 3.57. The van der Waals surface area contributed by atoms with Crippen molar-refractivity contribution in [1.29, 1.82) is 0 Å². The van der Waals surface area contributed by atoms with Gasteiger partial charge in [0, 0.05) is 0 Å². The Kier molecular flexibility index (Phi) is 4.95. The largest absolute Gasteiger partial charge is 0.392 e. The number of hydrogen-bond acceptors (Lipinski definition) is 1. The molecule has 0 amide bonds. The van der Waals surface area contributed by atoms with Gasteiger partial charge >= 0.3 is 0 Å². The monoisotopic (exact) mass is 140 g/mol. The number of allylic oxidation sites excluding steroid dienone is 2. The summed E-state index contributed by atoms with van der Waals surface area (Å²) in [5.74, 6) is 0. The van der Waals surface area contributed by atoms with E-state index in [0.717, 1.165) is 12.8 Å². The van der Waals surface area contributed by atoms with Crippen LogP contribution in [-0.2, 0) is 0 Å². The van der Waals surface area contributed by atoms with Crippen molar-refractivity contribution in [3.8, 4) is 0 Å². The lowest BCUT2D eigenvalue weighted by molar-refractivity contribution is 0.341. The lowest BCUT2D eigenvalue weighted by Crippen LogP contribution is -1.82. The van der Waals surface area contributed by atoms with Gasteiger partial charge in [-0.15, -0.1) is 6.58 Å². The Labute approximate surface area is 63.1 Å². The number of aliphatic hydroxyl groups excluding tert-OH is 1. The summed E-state index contributed by atoms with van der Waals surface area (Å²) in [6.45, 7) is 8.00. The van der Waals surface area contributed by atoms with Crippen LogP contribution in [0, 0.1) is 0 Å². The topological polar surface area (TPSA) is 20.2 Å². The second-order valence-corrected chi connectivity index (χ2v) is 2.69. The highest BCUT2D eigenvalue weighted by molar-refractivity contribution is 5.01. The fourth-order valence-electron chi connectivity index (χ4n) is 0.668. The molecule has 0 atom stereocenters. The molecule has 0 heterocycles. The van der Waals surface area contributed by atoms with Crippen LogP contribution in [0.1, 0.15) is 26.7 Å². The van der Waals surface area contributed by atoms with Crippen LogP contribution in [0.2, 0.25) is 0 Å². The van der Waals surface area contributed by atoms with E-state index in [4.69, 9.17) is 5.11 Å². The van der Waals surface area contributed by atoms with Gasteiger partial charge in [0.05, 0.1) is 6.61 Å². The molecule has 0 aromatic carbocycles. The van der Waals surface area contributed by atoms with Gasteiger partial charge in [0.15, 0.2) is 0 Å². The minimum atomic E-state index is 0.155. The standard InChI is InChI=1S/C9H16O/c1-8(2)4-5-9(3)6-7-10/h6,10H,1,4-5,7H2,2-3H3. The van der Waals surface area contributed by atoms with Crippen LogP contribution in [-0.4, -0.2) is 11.7 Å². The molecule has 0 bridgehead atoms. The molecule has 1 N–H and O–H groups in total. The van der Waals surface area contributed by atoms with Crippen molar-refractivity contribution in [2.24, 2.45) is 0 Å². The summed E-state index contributed by atoms with van der Waals surface area (Å²) in [5, 5.41) is 8.50. The van der Waals surface area contributed by atoms with E-state index < -0.39 is 0 Å². The van der Waals surface area contributed by atoms with Gasteiger partial charge in [-0.25, -0.2) is 0 Å². The van der Waals surface area contributed by atoms with E-state index in [1.165, 1.54) is 11.1 Å². The molecule has 1 nitrogen and oxygen atoms in total. The molecular formula is C9H16O. The third-order valence-electron chi connectivity index (χ3n) is 1.39. The molecule has 0 aliphatic rings. The third kappa shape index (κ3) is 5.57. The van der Waals surface area contributed by atoms with E-state index in [-0.39, 0.29) is 6.61 Å². The molecule has 0 aliphatic heterocycles. The molecule has 0 saturated carbocycles. The minimum absolute atomic E-state index is 0.155. The van der Waals surface area contributed by atoms with Gasteiger partial charge in [-0.2, -0.15) is 0 Å². The van der Waals surface area contributed by atoms with E-state index >= 15 is 0 Å². The molecule has 0 radical (unpaired) electrons. The van der Waals surface area contributed by atoms with Gasteiger partial charge in [0.2, 0.25) is 0 Å². The summed E-state index contributed by atoms with van der Waals surface area (Å²) in [4.78, 5) is 0. The van der Waals surface area contributed by atoms with Crippen molar-refractivity contribution in [3.05, 3.63) is 23.8 Å². The predicted octanol–water partition coefficient (Wildman–Crippen LogP) is 2.28. The second kappa shape index (κ2) is 5.24. The first kappa shape index (κ1) is 9.44. The number of aliphatic hydroxyl groups is 1. The van der Waals surface area contributed by atoms with Crippen LogP contribution >= 0.6 is 0 Å². The first-order chi connectivity index (χ1) is 4.66. The lowest BCUT2D eigenvalue weighted by Gasteiger charge is -1.98. The van der Waals surface area contributed by atoms with E-state index in [1.54, 1.807) is 0 Å². The summed E-state index contributed by atoms with van der Waals surface area (Å²) in [7, 11) is 0. The maximum Gasteiger partial charge on any atom is 0.0614 e. The van der Waals surface area contributed by atoms with Crippen LogP contribution in [0.25, 0.3) is 0 Å². The fraction of sp³-hybridized carbons (Fsp3) is 0.556. The van der Waals surface area contributed by atoms with Crippen molar-refractivity contribution in [2.75, 3.05) is 6.61 Å². The van der Waals surface area contributed by atoms with Gasteiger partial charge in [-0.1, -0.05) is 17.2 Å². The molecule has 0 fully saturated rings. The maximum absolute atomic E-state index is 8.50. The van der Waals surface area contributed by atoms with Crippen LogP contribution < -0.4 is 0 Å². The van der Waals surface area contributed by atoms with Gasteiger partial charge < -0.3 is 5.11 Å². The molecule has 0 saturated heterocycles. The highest BCUT2D eigenvalue weighted by Gasteiger charge is 1.89. The molecular weight excluding hydrogens is 124 g/mol. The summed E-state index contributed by atoms with van der Waals surface area (Å²) < 4.78 is 0. The molecule has 1 heteroatoms. The lowest BCUT2D eigenvalue weighted by atomic mass is 10.1. The molecule has 10 heavy (non-hydrogen) atoms. The number of rotatable bonds is 4. The van der Waals surface area contributed by atoms with Crippen molar-refractivity contribution in [2.45, 2.75) is 26.7 Å². The molecule has 0 rings (SSSR count). The molecule has 0 aliphatic carbocycles. The zero-order chi connectivity index (χ0) is 7.98.